The van der Waals surface area contributed by atoms with Gasteiger partial charge in [0.15, 0.2) is 0 Å². The van der Waals surface area contributed by atoms with Crippen molar-refractivity contribution in [3.8, 4) is 0 Å². The standard InChI is InChI=1S/C12H14F3N.ClH/c13-9-1-2-10(11(14)7-9)12(15)8-3-5-16-6-4-8;/h1-2,7-8,12,16H,3-6H2;1H/t12-;/m0./s1. The summed E-state index contributed by atoms with van der Waals surface area (Å²) in [7, 11) is 0. The Morgan fingerprint density at radius 3 is 2.41 bits per heavy atom. The molecule has 0 amide bonds. The van der Waals surface area contributed by atoms with Crippen molar-refractivity contribution in [3.63, 3.8) is 0 Å². The topological polar surface area (TPSA) is 12.0 Å². The normalized spacial score (nSPS) is 18.5. The Kier molecular flexibility index (Phi) is 5.28. The average Bonchev–Trinajstić information content (AvgIpc) is 2.29. The van der Waals surface area contributed by atoms with E-state index in [1.54, 1.807) is 0 Å². The molecular weight excluding hydrogens is 251 g/mol. The van der Waals surface area contributed by atoms with Crippen molar-refractivity contribution < 1.29 is 13.2 Å². The van der Waals surface area contributed by atoms with E-state index < -0.39 is 17.8 Å². The Labute approximate surface area is 105 Å². The zero-order valence-corrected chi connectivity index (χ0v) is 10.1. The van der Waals surface area contributed by atoms with Crippen molar-refractivity contribution >= 4 is 12.4 Å². The highest BCUT2D eigenvalue weighted by atomic mass is 35.5. The van der Waals surface area contributed by atoms with Gasteiger partial charge in [-0.25, -0.2) is 13.2 Å². The first-order valence-electron chi connectivity index (χ1n) is 5.48. The lowest BCUT2D eigenvalue weighted by Crippen LogP contribution is -2.30. The minimum atomic E-state index is -1.33. The van der Waals surface area contributed by atoms with E-state index >= 15 is 0 Å². The Bertz CT molecular complexity index is 367. The fourth-order valence-corrected chi connectivity index (χ4v) is 2.12. The summed E-state index contributed by atoms with van der Waals surface area (Å²) in [5.74, 6) is -1.62. The molecule has 1 aliphatic rings. The third-order valence-electron chi connectivity index (χ3n) is 3.06. The van der Waals surface area contributed by atoms with Crippen LogP contribution in [-0.4, -0.2) is 13.1 Å². The maximum atomic E-state index is 14.0. The molecule has 0 radical (unpaired) electrons. The van der Waals surface area contributed by atoms with Gasteiger partial charge < -0.3 is 5.32 Å². The second kappa shape index (κ2) is 6.26. The summed E-state index contributed by atoms with van der Waals surface area (Å²) >= 11 is 0. The van der Waals surface area contributed by atoms with Gasteiger partial charge in [0, 0.05) is 11.6 Å². The van der Waals surface area contributed by atoms with Crippen LogP contribution in [0.15, 0.2) is 18.2 Å². The number of benzene rings is 1. The van der Waals surface area contributed by atoms with Crippen molar-refractivity contribution in [3.05, 3.63) is 35.4 Å². The summed E-state index contributed by atoms with van der Waals surface area (Å²) in [6.45, 7) is 1.52. The fourth-order valence-electron chi connectivity index (χ4n) is 2.12. The molecule has 5 heteroatoms. The molecule has 1 aliphatic heterocycles. The summed E-state index contributed by atoms with van der Waals surface area (Å²) < 4.78 is 40.1. The molecule has 1 N–H and O–H groups in total. The van der Waals surface area contributed by atoms with E-state index in [0.29, 0.717) is 12.8 Å². The van der Waals surface area contributed by atoms with Crippen LogP contribution in [0.1, 0.15) is 24.6 Å². The lowest BCUT2D eigenvalue weighted by atomic mass is 9.89. The highest BCUT2D eigenvalue weighted by Crippen LogP contribution is 2.33. The van der Waals surface area contributed by atoms with E-state index in [2.05, 4.69) is 5.32 Å². The molecule has 1 nitrogen and oxygen atoms in total. The van der Waals surface area contributed by atoms with Gasteiger partial charge >= 0.3 is 0 Å². The number of hydrogen-bond donors (Lipinski definition) is 1. The van der Waals surface area contributed by atoms with Crippen molar-refractivity contribution in [1.29, 1.82) is 0 Å². The number of piperidine rings is 1. The van der Waals surface area contributed by atoms with Gasteiger partial charge in [-0.05, 0) is 37.9 Å². The van der Waals surface area contributed by atoms with Crippen molar-refractivity contribution in [2.75, 3.05) is 13.1 Å². The Hall–Kier alpha value is -0.740. The van der Waals surface area contributed by atoms with Crippen LogP contribution in [0.3, 0.4) is 0 Å². The molecule has 1 aromatic rings. The maximum Gasteiger partial charge on any atom is 0.132 e. The molecule has 0 aliphatic carbocycles. The van der Waals surface area contributed by atoms with Crippen LogP contribution in [0.2, 0.25) is 0 Å². The van der Waals surface area contributed by atoms with E-state index in [9.17, 15) is 13.2 Å². The molecule has 2 rings (SSSR count). The van der Waals surface area contributed by atoms with Crippen molar-refractivity contribution in [2.24, 2.45) is 5.92 Å². The summed E-state index contributed by atoms with van der Waals surface area (Å²) in [6.07, 6.45) is 0.0541. The molecule has 1 heterocycles. The van der Waals surface area contributed by atoms with E-state index in [1.165, 1.54) is 6.07 Å². The molecule has 0 bridgehead atoms. The number of alkyl halides is 1. The lowest BCUT2D eigenvalue weighted by Gasteiger charge is -2.26. The highest BCUT2D eigenvalue weighted by Gasteiger charge is 2.26. The molecule has 1 atom stereocenters. The SMILES string of the molecule is Cl.Fc1ccc([C@@H](F)C2CCNCC2)c(F)c1. The number of rotatable bonds is 2. The summed E-state index contributed by atoms with van der Waals surface area (Å²) in [5.41, 5.74) is -0.0201. The fraction of sp³-hybridized carbons (Fsp3) is 0.500. The molecular formula is C12H15ClF3N. The zero-order chi connectivity index (χ0) is 11.5. The highest BCUT2D eigenvalue weighted by molar-refractivity contribution is 5.85. The molecule has 1 fully saturated rings. The Morgan fingerprint density at radius 2 is 1.82 bits per heavy atom. The molecule has 1 saturated heterocycles. The Morgan fingerprint density at radius 1 is 1.18 bits per heavy atom. The van der Waals surface area contributed by atoms with Gasteiger partial charge in [-0.1, -0.05) is 6.07 Å². The van der Waals surface area contributed by atoms with Crippen molar-refractivity contribution in [2.45, 2.75) is 19.0 Å². The van der Waals surface area contributed by atoms with Crippen LogP contribution in [0, 0.1) is 17.6 Å². The lowest BCUT2D eigenvalue weighted by molar-refractivity contribution is 0.185. The number of halogens is 4. The molecule has 17 heavy (non-hydrogen) atoms. The van der Waals surface area contributed by atoms with Crippen LogP contribution in [0.5, 0.6) is 0 Å². The predicted molar refractivity (Wildman–Crippen MR) is 63.0 cm³/mol. The van der Waals surface area contributed by atoms with E-state index in [0.717, 1.165) is 25.2 Å². The van der Waals surface area contributed by atoms with E-state index in [1.807, 2.05) is 0 Å². The first kappa shape index (κ1) is 14.3. The Balaban J connectivity index is 0.00000144. The average molecular weight is 266 g/mol. The maximum absolute atomic E-state index is 14.0. The summed E-state index contributed by atoms with van der Waals surface area (Å²) in [5, 5.41) is 3.12. The van der Waals surface area contributed by atoms with Gasteiger partial charge in [-0.15, -0.1) is 12.4 Å². The molecule has 0 aromatic heterocycles. The van der Waals surface area contributed by atoms with Gasteiger partial charge in [-0.3, -0.25) is 0 Å². The number of nitrogens with one attached hydrogen (secondary N) is 1. The number of hydrogen-bond acceptors (Lipinski definition) is 1. The molecule has 96 valence electrons. The van der Waals surface area contributed by atoms with Gasteiger partial charge in [-0.2, -0.15) is 0 Å². The van der Waals surface area contributed by atoms with Gasteiger partial charge in [0.1, 0.15) is 17.8 Å². The minimum Gasteiger partial charge on any atom is -0.317 e. The molecule has 0 saturated carbocycles. The van der Waals surface area contributed by atoms with E-state index in [-0.39, 0.29) is 23.9 Å². The van der Waals surface area contributed by atoms with Crippen LogP contribution >= 0.6 is 12.4 Å². The van der Waals surface area contributed by atoms with Gasteiger partial charge in [0.2, 0.25) is 0 Å². The van der Waals surface area contributed by atoms with Crippen LogP contribution in [0.4, 0.5) is 13.2 Å². The molecule has 0 unspecified atom stereocenters. The monoisotopic (exact) mass is 265 g/mol. The predicted octanol–water partition coefficient (Wildman–Crippen LogP) is 3.40. The summed E-state index contributed by atoms with van der Waals surface area (Å²) in [4.78, 5) is 0. The molecule has 1 aromatic carbocycles. The first-order chi connectivity index (χ1) is 7.68. The van der Waals surface area contributed by atoms with Crippen LogP contribution in [0.25, 0.3) is 0 Å². The zero-order valence-electron chi connectivity index (χ0n) is 9.26. The largest absolute Gasteiger partial charge is 0.317 e. The second-order valence-corrected chi connectivity index (χ2v) is 4.16. The smallest absolute Gasteiger partial charge is 0.132 e. The van der Waals surface area contributed by atoms with Crippen LogP contribution in [-0.2, 0) is 0 Å². The van der Waals surface area contributed by atoms with Crippen molar-refractivity contribution in [1.82, 2.24) is 5.32 Å². The third-order valence-corrected chi connectivity index (χ3v) is 3.06. The van der Waals surface area contributed by atoms with Gasteiger partial charge in [0.05, 0.1) is 0 Å². The van der Waals surface area contributed by atoms with Crippen LogP contribution < -0.4 is 5.32 Å². The minimum absolute atomic E-state index is 0. The first-order valence-corrected chi connectivity index (χ1v) is 5.48. The van der Waals surface area contributed by atoms with Gasteiger partial charge in [0.25, 0.3) is 0 Å². The quantitative estimate of drug-likeness (QED) is 0.864. The summed E-state index contributed by atoms with van der Waals surface area (Å²) in [6, 6.07) is 3.05. The van der Waals surface area contributed by atoms with E-state index in [4.69, 9.17) is 0 Å². The molecule has 0 spiro atoms. The third kappa shape index (κ3) is 3.36. The second-order valence-electron chi connectivity index (χ2n) is 4.16.